The molecule has 0 unspecified atom stereocenters. The van der Waals surface area contributed by atoms with Gasteiger partial charge in [-0.1, -0.05) is 15.9 Å². The van der Waals surface area contributed by atoms with Crippen LogP contribution in [0, 0.1) is 0 Å². The maximum Gasteiger partial charge on any atom is 0.153 e. The number of benzene rings is 1. The van der Waals surface area contributed by atoms with Crippen molar-refractivity contribution in [1.82, 2.24) is 5.32 Å². The maximum absolute atomic E-state index is 11.5. The molecule has 110 valence electrons. The van der Waals surface area contributed by atoms with Gasteiger partial charge in [0, 0.05) is 35.8 Å². The normalized spacial score (nSPS) is 21.9. The van der Waals surface area contributed by atoms with E-state index >= 15 is 0 Å². The molecule has 20 heavy (non-hydrogen) atoms. The number of nitrogens with one attached hydrogen (secondary N) is 1. The molecule has 2 aliphatic rings. The fourth-order valence-corrected chi connectivity index (χ4v) is 4.11. The van der Waals surface area contributed by atoms with Gasteiger partial charge in [-0.2, -0.15) is 0 Å². The fraction of sp³-hybridized carbons (Fsp3) is 0.571. The van der Waals surface area contributed by atoms with Crippen molar-refractivity contribution >= 4 is 31.5 Å². The number of halogens is 1. The van der Waals surface area contributed by atoms with Crippen LogP contribution in [-0.2, 0) is 16.4 Å². The quantitative estimate of drug-likeness (QED) is 0.893. The molecule has 0 bridgehead atoms. The Hall–Kier alpha value is -0.590. The molecule has 0 aromatic heterocycles. The Labute approximate surface area is 128 Å². The minimum Gasteiger partial charge on any atom is -0.369 e. The summed E-state index contributed by atoms with van der Waals surface area (Å²) < 4.78 is 24.2. The molecule has 1 aromatic rings. The molecule has 1 aromatic carbocycles. The monoisotopic (exact) mass is 358 g/mol. The standard InChI is InChI=1S/C14H19BrN2O2S/c15-12-1-4-14(11(9-12)10-16-13-2-3-13)17-5-7-20(18,19)8-6-17/h1,4,9,13,16H,2-3,5-8,10H2. The highest BCUT2D eigenvalue weighted by Crippen LogP contribution is 2.27. The lowest BCUT2D eigenvalue weighted by Crippen LogP contribution is -2.40. The summed E-state index contributed by atoms with van der Waals surface area (Å²) in [6.45, 7) is 2.05. The number of anilines is 1. The largest absolute Gasteiger partial charge is 0.369 e. The van der Waals surface area contributed by atoms with Crippen molar-refractivity contribution in [2.75, 3.05) is 29.5 Å². The number of hydrogen-bond acceptors (Lipinski definition) is 4. The second-order valence-electron chi connectivity index (χ2n) is 5.57. The number of nitrogens with zero attached hydrogens (tertiary/aromatic N) is 1. The lowest BCUT2D eigenvalue weighted by molar-refractivity contribution is 0.586. The van der Waals surface area contributed by atoms with Crippen LogP contribution in [0.2, 0.25) is 0 Å². The number of hydrogen-bond donors (Lipinski definition) is 1. The van der Waals surface area contributed by atoms with Gasteiger partial charge in [-0.15, -0.1) is 0 Å². The Morgan fingerprint density at radius 2 is 1.95 bits per heavy atom. The van der Waals surface area contributed by atoms with E-state index in [-0.39, 0.29) is 11.5 Å². The third-order valence-electron chi connectivity index (χ3n) is 3.89. The van der Waals surface area contributed by atoms with Crippen LogP contribution in [0.3, 0.4) is 0 Å². The first-order chi connectivity index (χ1) is 9.53. The van der Waals surface area contributed by atoms with E-state index in [0.717, 1.165) is 16.7 Å². The van der Waals surface area contributed by atoms with Crippen LogP contribution < -0.4 is 10.2 Å². The van der Waals surface area contributed by atoms with Gasteiger partial charge in [0.2, 0.25) is 0 Å². The van der Waals surface area contributed by atoms with E-state index in [2.05, 4.69) is 38.3 Å². The molecule has 1 saturated heterocycles. The molecule has 0 radical (unpaired) electrons. The Kier molecular flexibility index (Phi) is 4.06. The third-order valence-corrected chi connectivity index (χ3v) is 5.99. The molecular formula is C14H19BrN2O2S. The first-order valence-corrected chi connectivity index (χ1v) is 9.62. The van der Waals surface area contributed by atoms with Crippen molar-refractivity contribution in [3.63, 3.8) is 0 Å². The molecule has 0 amide bonds. The highest BCUT2D eigenvalue weighted by Gasteiger charge is 2.24. The predicted octanol–water partition coefficient (Wildman–Crippen LogP) is 1.94. The van der Waals surface area contributed by atoms with Crippen molar-refractivity contribution in [2.45, 2.75) is 25.4 Å². The fourth-order valence-electron chi connectivity index (χ4n) is 2.50. The van der Waals surface area contributed by atoms with Gasteiger partial charge in [-0.3, -0.25) is 0 Å². The number of sulfone groups is 1. The van der Waals surface area contributed by atoms with Crippen LogP contribution in [0.5, 0.6) is 0 Å². The average Bonchev–Trinajstić information content (AvgIpc) is 3.21. The highest BCUT2D eigenvalue weighted by atomic mass is 79.9. The molecule has 1 aliphatic heterocycles. The van der Waals surface area contributed by atoms with E-state index in [1.54, 1.807) is 0 Å². The lowest BCUT2D eigenvalue weighted by atomic mass is 10.1. The molecule has 0 atom stereocenters. The van der Waals surface area contributed by atoms with Crippen LogP contribution in [-0.4, -0.2) is 39.1 Å². The van der Waals surface area contributed by atoms with Gasteiger partial charge in [0.1, 0.15) is 0 Å². The maximum atomic E-state index is 11.5. The van der Waals surface area contributed by atoms with E-state index in [1.165, 1.54) is 18.4 Å². The molecule has 3 rings (SSSR count). The molecule has 2 fully saturated rings. The van der Waals surface area contributed by atoms with E-state index in [9.17, 15) is 8.42 Å². The van der Waals surface area contributed by atoms with Gasteiger partial charge >= 0.3 is 0 Å². The minimum absolute atomic E-state index is 0.262. The molecule has 1 saturated carbocycles. The summed E-state index contributed by atoms with van der Waals surface area (Å²) >= 11 is 3.52. The van der Waals surface area contributed by atoms with Crippen molar-refractivity contribution < 1.29 is 8.42 Å². The van der Waals surface area contributed by atoms with Gasteiger partial charge in [0.15, 0.2) is 9.84 Å². The van der Waals surface area contributed by atoms with Crippen molar-refractivity contribution in [3.05, 3.63) is 28.2 Å². The summed E-state index contributed by atoms with van der Waals surface area (Å²) in [4.78, 5) is 2.19. The van der Waals surface area contributed by atoms with Crippen LogP contribution >= 0.6 is 15.9 Å². The van der Waals surface area contributed by atoms with Gasteiger partial charge in [0.25, 0.3) is 0 Å². The predicted molar refractivity (Wildman–Crippen MR) is 84.9 cm³/mol. The van der Waals surface area contributed by atoms with Crippen molar-refractivity contribution in [3.8, 4) is 0 Å². The molecule has 4 nitrogen and oxygen atoms in total. The minimum atomic E-state index is -2.83. The van der Waals surface area contributed by atoms with Crippen molar-refractivity contribution in [1.29, 1.82) is 0 Å². The molecule has 1 heterocycles. The second kappa shape index (κ2) is 5.66. The SMILES string of the molecule is O=S1(=O)CCN(c2ccc(Br)cc2CNC2CC2)CC1. The van der Waals surface area contributed by atoms with Crippen molar-refractivity contribution in [2.24, 2.45) is 0 Å². The zero-order valence-corrected chi connectivity index (χ0v) is 13.7. The van der Waals surface area contributed by atoms with E-state index in [0.29, 0.717) is 19.1 Å². The zero-order valence-electron chi connectivity index (χ0n) is 11.3. The smallest absolute Gasteiger partial charge is 0.153 e. The Morgan fingerprint density at radius 3 is 2.60 bits per heavy atom. The Bertz CT molecular complexity index is 585. The van der Waals surface area contributed by atoms with E-state index in [4.69, 9.17) is 0 Å². The molecule has 6 heteroatoms. The molecule has 1 N–H and O–H groups in total. The van der Waals surface area contributed by atoms with Crippen LogP contribution in [0.4, 0.5) is 5.69 Å². The van der Waals surface area contributed by atoms with Gasteiger partial charge < -0.3 is 10.2 Å². The van der Waals surface area contributed by atoms with Gasteiger partial charge in [-0.05, 0) is 36.6 Å². The highest BCUT2D eigenvalue weighted by molar-refractivity contribution is 9.10. The van der Waals surface area contributed by atoms with Crippen LogP contribution in [0.1, 0.15) is 18.4 Å². The lowest BCUT2D eigenvalue weighted by Gasteiger charge is -2.30. The zero-order chi connectivity index (χ0) is 14.2. The van der Waals surface area contributed by atoms with Crippen LogP contribution in [0.15, 0.2) is 22.7 Å². The van der Waals surface area contributed by atoms with E-state index in [1.807, 2.05) is 6.07 Å². The van der Waals surface area contributed by atoms with Gasteiger partial charge in [0.05, 0.1) is 11.5 Å². The van der Waals surface area contributed by atoms with Crippen LogP contribution in [0.25, 0.3) is 0 Å². The Morgan fingerprint density at radius 1 is 1.25 bits per heavy atom. The third kappa shape index (κ3) is 3.54. The van der Waals surface area contributed by atoms with Gasteiger partial charge in [-0.25, -0.2) is 8.42 Å². The van der Waals surface area contributed by atoms with E-state index < -0.39 is 9.84 Å². The summed E-state index contributed by atoms with van der Waals surface area (Å²) in [5.41, 5.74) is 2.40. The second-order valence-corrected chi connectivity index (χ2v) is 8.79. The summed E-state index contributed by atoms with van der Waals surface area (Å²) in [6, 6.07) is 6.92. The Balaban J connectivity index is 1.77. The molecular weight excluding hydrogens is 340 g/mol. The number of rotatable bonds is 4. The summed E-state index contributed by atoms with van der Waals surface area (Å²) in [5.74, 6) is 0.525. The topological polar surface area (TPSA) is 49.4 Å². The first-order valence-electron chi connectivity index (χ1n) is 7.01. The molecule has 1 aliphatic carbocycles. The average molecular weight is 359 g/mol. The summed E-state index contributed by atoms with van der Waals surface area (Å²) in [6.07, 6.45) is 2.54. The summed E-state index contributed by atoms with van der Waals surface area (Å²) in [5, 5.41) is 3.53. The summed E-state index contributed by atoms with van der Waals surface area (Å²) in [7, 11) is -2.83. The first kappa shape index (κ1) is 14.4. The molecule has 0 spiro atoms.